The van der Waals surface area contributed by atoms with Crippen LogP contribution in [0.1, 0.15) is 26.3 Å². The lowest BCUT2D eigenvalue weighted by atomic mass is 10.2. The number of hydrogen-bond donors (Lipinski definition) is 1. The molecule has 0 spiro atoms. The van der Waals surface area contributed by atoms with Gasteiger partial charge >= 0.3 is 5.97 Å². The number of benzene rings is 3. The smallest absolute Gasteiger partial charge is 0.345 e. The lowest BCUT2D eigenvalue weighted by Gasteiger charge is -2.06. The quantitative estimate of drug-likeness (QED) is 0.210. The fourth-order valence-corrected chi connectivity index (χ4v) is 2.61. The summed E-state index contributed by atoms with van der Waals surface area (Å²) < 4.78 is 5.27. The van der Waals surface area contributed by atoms with E-state index < -0.39 is 16.8 Å². The molecule has 30 heavy (non-hydrogen) atoms. The number of carbonyl (C=O) groups excluding carboxylic acids is 2. The number of rotatable bonds is 6. The summed E-state index contributed by atoms with van der Waals surface area (Å²) in [5.74, 6) is -0.843. The van der Waals surface area contributed by atoms with E-state index in [1.54, 1.807) is 48.5 Å². The van der Waals surface area contributed by atoms with Crippen molar-refractivity contribution < 1.29 is 19.2 Å². The first-order chi connectivity index (χ1) is 14.4. The molecule has 150 valence electrons. The Bertz CT molecular complexity index is 1130. The van der Waals surface area contributed by atoms with Gasteiger partial charge in [-0.25, -0.2) is 10.2 Å². The van der Waals surface area contributed by atoms with Crippen molar-refractivity contribution in [1.29, 1.82) is 0 Å². The number of amides is 1. The van der Waals surface area contributed by atoms with Crippen molar-refractivity contribution in [2.75, 3.05) is 0 Å². The first-order valence-electron chi connectivity index (χ1n) is 8.58. The third-order valence-electron chi connectivity index (χ3n) is 3.88. The van der Waals surface area contributed by atoms with Gasteiger partial charge in [-0.15, -0.1) is 0 Å². The summed E-state index contributed by atoms with van der Waals surface area (Å²) in [5, 5.41) is 14.9. The first kappa shape index (κ1) is 20.7. The molecule has 0 fully saturated rings. The number of ether oxygens (including phenoxy) is 1. The van der Waals surface area contributed by atoms with E-state index in [-0.39, 0.29) is 16.8 Å². The molecule has 0 aliphatic carbocycles. The zero-order valence-corrected chi connectivity index (χ0v) is 16.1. The van der Waals surface area contributed by atoms with Crippen LogP contribution in [0.2, 0.25) is 5.02 Å². The third kappa shape index (κ3) is 5.27. The van der Waals surface area contributed by atoms with Crippen LogP contribution < -0.4 is 10.2 Å². The molecule has 0 aliphatic heterocycles. The van der Waals surface area contributed by atoms with Crippen LogP contribution in [0.25, 0.3) is 0 Å². The van der Waals surface area contributed by atoms with Gasteiger partial charge in [0.2, 0.25) is 0 Å². The lowest BCUT2D eigenvalue weighted by Crippen LogP contribution is -2.17. The Morgan fingerprint density at radius 1 is 1.03 bits per heavy atom. The third-order valence-corrected chi connectivity index (χ3v) is 4.21. The largest absolute Gasteiger partial charge is 0.423 e. The number of halogens is 1. The molecule has 0 heterocycles. The molecule has 0 bridgehead atoms. The van der Waals surface area contributed by atoms with Crippen LogP contribution in [0.3, 0.4) is 0 Å². The highest BCUT2D eigenvalue weighted by molar-refractivity contribution is 6.33. The van der Waals surface area contributed by atoms with E-state index in [9.17, 15) is 19.7 Å². The van der Waals surface area contributed by atoms with E-state index in [0.29, 0.717) is 16.3 Å². The summed E-state index contributed by atoms with van der Waals surface area (Å²) in [6.45, 7) is 0. The number of nitrogens with one attached hydrogen (secondary N) is 1. The summed E-state index contributed by atoms with van der Waals surface area (Å²) in [4.78, 5) is 34.4. The number of nitro benzene ring substituents is 1. The molecule has 0 unspecified atom stereocenters. The van der Waals surface area contributed by atoms with Gasteiger partial charge in [0, 0.05) is 17.7 Å². The van der Waals surface area contributed by atoms with E-state index in [4.69, 9.17) is 16.3 Å². The first-order valence-corrected chi connectivity index (χ1v) is 8.96. The minimum Gasteiger partial charge on any atom is -0.423 e. The molecule has 0 aromatic heterocycles. The Morgan fingerprint density at radius 3 is 2.47 bits per heavy atom. The van der Waals surface area contributed by atoms with E-state index in [1.807, 2.05) is 0 Å². The van der Waals surface area contributed by atoms with Crippen molar-refractivity contribution in [3.8, 4) is 5.75 Å². The van der Waals surface area contributed by atoms with Crippen molar-refractivity contribution in [3.63, 3.8) is 0 Å². The Kier molecular flexibility index (Phi) is 6.51. The van der Waals surface area contributed by atoms with Crippen LogP contribution in [0.4, 0.5) is 5.69 Å². The molecule has 1 amide bonds. The van der Waals surface area contributed by atoms with Gasteiger partial charge in [0.1, 0.15) is 5.75 Å². The van der Waals surface area contributed by atoms with Gasteiger partial charge in [0.15, 0.2) is 0 Å². The minimum atomic E-state index is -0.583. The normalized spacial score (nSPS) is 10.6. The second-order valence-corrected chi connectivity index (χ2v) is 6.35. The summed E-state index contributed by atoms with van der Waals surface area (Å²) in [6.07, 6.45) is 1.38. The highest BCUT2D eigenvalue weighted by atomic mass is 35.5. The molecular weight excluding hydrogens is 410 g/mol. The second-order valence-electron chi connectivity index (χ2n) is 5.94. The van der Waals surface area contributed by atoms with Crippen molar-refractivity contribution in [2.24, 2.45) is 5.10 Å². The second kappa shape index (κ2) is 9.44. The van der Waals surface area contributed by atoms with Crippen molar-refractivity contribution in [1.82, 2.24) is 5.43 Å². The van der Waals surface area contributed by atoms with Gasteiger partial charge in [0.05, 0.1) is 21.7 Å². The zero-order chi connectivity index (χ0) is 21.5. The van der Waals surface area contributed by atoms with Crippen LogP contribution in [0, 0.1) is 10.1 Å². The standard InChI is InChI=1S/C21H14ClN3O5/c22-19-7-2-1-6-18(19)21(27)30-17-10-8-14(9-11-17)13-23-24-20(26)15-4-3-5-16(12-15)25(28)29/h1-13H,(H,24,26)/b23-13+. The van der Waals surface area contributed by atoms with Gasteiger partial charge in [-0.3, -0.25) is 14.9 Å². The summed E-state index contributed by atoms with van der Waals surface area (Å²) in [5.41, 5.74) is 3.11. The van der Waals surface area contributed by atoms with E-state index in [0.717, 1.165) is 6.07 Å². The van der Waals surface area contributed by atoms with E-state index in [1.165, 1.54) is 24.4 Å². The predicted octanol–water partition coefficient (Wildman–Crippen LogP) is 4.23. The number of nitrogens with zero attached hydrogens (tertiary/aromatic N) is 2. The molecule has 8 nitrogen and oxygen atoms in total. The van der Waals surface area contributed by atoms with Crippen molar-refractivity contribution >= 4 is 35.4 Å². The maximum absolute atomic E-state index is 12.1. The SMILES string of the molecule is O=C(N/N=C/c1ccc(OC(=O)c2ccccc2Cl)cc1)c1cccc([N+](=O)[O-])c1. The highest BCUT2D eigenvalue weighted by Crippen LogP contribution is 2.19. The molecule has 0 saturated carbocycles. The van der Waals surface area contributed by atoms with E-state index >= 15 is 0 Å². The summed E-state index contributed by atoms with van der Waals surface area (Å²) >= 11 is 5.98. The summed E-state index contributed by atoms with van der Waals surface area (Å²) in [6, 6.07) is 18.3. The molecular formula is C21H14ClN3O5. The Balaban J connectivity index is 1.59. The van der Waals surface area contributed by atoms with Crippen LogP contribution >= 0.6 is 11.6 Å². The van der Waals surface area contributed by atoms with Crippen LogP contribution in [0.15, 0.2) is 77.9 Å². The number of nitro groups is 1. The van der Waals surface area contributed by atoms with Gasteiger partial charge in [0.25, 0.3) is 11.6 Å². The van der Waals surface area contributed by atoms with Crippen molar-refractivity contribution in [2.45, 2.75) is 0 Å². The summed E-state index contributed by atoms with van der Waals surface area (Å²) in [7, 11) is 0. The number of hydrazone groups is 1. The van der Waals surface area contributed by atoms with Gasteiger partial charge in [-0.05, 0) is 48.0 Å². The van der Waals surface area contributed by atoms with Crippen LogP contribution in [-0.2, 0) is 0 Å². The fraction of sp³-hybridized carbons (Fsp3) is 0. The van der Waals surface area contributed by atoms with Gasteiger partial charge < -0.3 is 4.74 Å². The topological polar surface area (TPSA) is 111 Å². The molecule has 3 aromatic carbocycles. The molecule has 0 atom stereocenters. The highest BCUT2D eigenvalue weighted by Gasteiger charge is 2.12. The number of carbonyl (C=O) groups is 2. The van der Waals surface area contributed by atoms with Gasteiger partial charge in [-0.2, -0.15) is 5.10 Å². The molecule has 3 aromatic rings. The average molecular weight is 424 g/mol. The molecule has 9 heteroatoms. The maximum atomic E-state index is 12.1. The molecule has 0 aliphatic rings. The van der Waals surface area contributed by atoms with Crippen molar-refractivity contribution in [3.05, 3.63) is 105 Å². The number of non-ortho nitro benzene ring substituents is 1. The molecule has 1 N–H and O–H groups in total. The Labute approximate surface area is 175 Å². The predicted molar refractivity (Wildman–Crippen MR) is 111 cm³/mol. The fourth-order valence-electron chi connectivity index (χ4n) is 2.40. The maximum Gasteiger partial charge on any atom is 0.345 e. The Hall–Kier alpha value is -4.04. The van der Waals surface area contributed by atoms with Crippen LogP contribution in [0.5, 0.6) is 5.75 Å². The number of hydrogen-bond acceptors (Lipinski definition) is 6. The van der Waals surface area contributed by atoms with Gasteiger partial charge in [-0.1, -0.05) is 29.8 Å². The average Bonchev–Trinajstić information content (AvgIpc) is 2.75. The molecule has 0 radical (unpaired) electrons. The van der Waals surface area contributed by atoms with E-state index in [2.05, 4.69) is 10.5 Å². The Morgan fingerprint density at radius 2 is 1.77 bits per heavy atom. The monoisotopic (exact) mass is 423 g/mol. The lowest BCUT2D eigenvalue weighted by molar-refractivity contribution is -0.384. The molecule has 3 rings (SSSR count). The minimum absolute atomic E-state index is 0.114. The van der Waals surface area contributed by atoms with Crippen LogP contribution in [-0.4, -0.2) is 23.0 Å². The zero-order valence-electron chi connectivity index (χ0n) is 15.3. The molecule has 0 saturated heterocycles. The number of esters is 1.